The van der Waals surface area contributed by atoms with Crippen LogP contribution in [0.3, 0.4) is 0 Å². The van der Waals surface area contributed by atoms with Crippen molar-refractivity contribution in [1.29, 1.82) is 0 Å². The molecule has 5 heteroatoms. The second-order valence-electron chi connectivity index (χ2n) is 2.76. The minimum atomic E-state index is -0.996. The number of hydrogen-bond donors (Lipinski definition) is 0. The topological polar surface area (TPSA) is 17.1 Å². The number of halogens is 2. The van der Waals surface area contributed by atoms with Crippen molar-refractivity contribution in [2.45, 2.75) is 0 Å². The van der Waals surface area contributed by atoms with Crippen LogP contribution in [0.25, 0.3) is 6.08 Å². The molecule has 1 aromatic rings. The molecule has 0 saturated heterocycles. The molecule has 0 saturated carbocycles. The first-order valence-corrected chi connectivity index (χ1v) is 7.63. The van der Waals surface area contributed by atoms with Crippen molar-refractivity contribution in [1.82, 2.24) is 0 Å². The maximum atomic E-state index is 11.3. The van der Waals surface area contributed by atoms with Gasteiger partial charge in [0, 0.05) is 6.26 Å². The molecule has 1 aromatic carbocycles. The third-order valence-electron chi connectivity index (χ3n) is 1.74. The number of hydrogen-bond acceptors (Lipinski definition) is 2. The van der Waals surface area contributed by atoms with Gasteiger partial charge in [-0.1, -0.05) is 35.3 Å². The predicted octanol–water partition coefficient (Wildman–Crippen LogP) is 4.03. The molecule has 0 amide bonds. The Morgan fingerprint density at radius 1 is 1.47 bits per heavy atom. The van der Waals surface area contributed by atoms with E-state index in [9.17, 15) is 4.21 Å². The Kier molecular flexibility index (Phi) is 5.19. The number of benzene rings is 1. The maximum Gasteiger partial charge on any atom is 0.0716 e. The fraction of sp³-hybridized carbons (Fsp3) is 0.200. The summed E-state index contributed by atoms with van der Waals surface area (Å²) in [5.74, 6) is 0. The molecule has 0 aliphatic heterocycles. The molecule has 0 aliphatic carbocycles. The first-order chi connectivity index (χ1) is 7.06. The summed E-state index contributed by atoms with van der Waals surface area (Å²) in [5, 5.41) is 1.00. The smallest absolute Gasteiger partial charge is 0.0716 e. The molecular formula is C10H10Cl2OS2. The second-order valence-corrected chi connectivity index (χ2v) is 6.00. The first-order valence-electron chi connectivity index (χ1n) is 4.09. The van der Waals surface area contributed by atoms with Gasteiger partial charge in [-0.25, -0.2) is 0 Å². The van der Waals surface area contributed by atoms with Gasteiger partial charge in [0.05, 0.1) is 25.1 Å². The van der Waals surface area contributed by atoms with Crippen molar-refractivity contribution in [2.24, 2.45) is 0 Å². The van der Waals surface area contributed by atoms with E-state index in [0.29, 0.717) is 10.0 Å². The quantitative estimate of drug-likeness (QED) is 0.832. The predicted molar refractivity (Wildman–Crippen MR) is 72.0 cm³/mol. The van der Waals surface area contributed by atoms with Crippen LogP contribution in [0.1, 0.15) is 5.56 Å². The van der Waals surface area contributed by atoms with Crippen LogP contribution < -0.4 is 0 Å². The molecule has 0 aromatic heterocycles. The number of thioether (sulfide) groups is 1. The third-order valence-corrected chi connectivity index (χ3v) is 4.98. The lowest BCUT2D eigenvalue weighted by Gasteiger charge is -2.03. The van der Waals surface area contributed by atoms with Crippen molar-refractivity contribution < 1.29 is 4.21 Å². The Labute approximate surface area is 106 Å². The summed E-state index contributed by atoms with van der Waals surface area (Å²) in [6.45, 7) is 0. The summed E-state index contributed by atoms with van der Waals surface area (Å²) in [6.07, 6.45) is 5.32. The van der Waals surface area contributed by atoms with E-state index in [1.54, 1.807) is 18.4 Å². The standard InChI is InChI=1S/C10H10Cl2OS2/c1-14-9(15(2)13)6-7-4-3-5-8(11)10(7)12/h3-6H,1-2H3. The average Bonchev–Trinajstić information content (AvgIpc) is 2.19. The summed E-state index contributed by atoms with van der Waals surface area (Å²) in [4.78, 5) is 0. The Morgan fingerprint density at radius 2 is 2.13 bits per heavy atom. The molecule has 1 nitrogen and oxygen atoms in total. The molecule has 0 aliphatic rings. The zero-order chi connectivity index (χ0) is 11.4. The highest BCUT2D eigenvalue weighted by atomic mass is 35.5. The van der Waals surface area contributed by atoms with Gasteiger partial charge in [0.1, 0.15) is 0 Å². The molecule has 1 atom stereocenters. The van der Waals surface area contributed by atoms with Crippen LogP contribution in [0, 0.1) is 0 Å². The minimum Gasteiger partial charge on any atom is -0.254 e. The molecule has 0 bridgehead atoms. The van der Waals surface area contributed by atoms with E-state index in [4.69, 9.17) is 23.2 Å². The molecule has 0 spiro atoms. The normalized spacial score (nSPS) is 14.0. The Balaban J connectivity index is 3.17. The molecule has 0 N–H and O–H groups in total. The SMILES string of the molecule is CSC(=Cc1cccc(Cl)c1Cl)S(C)=O. The summed E-state index contributed by atoms with van der Waals surface area (Å²) in [7, 11) is -0.996. The van der Waals surface area contributed by atoms with Gasteiger partial charge in [-0.3, -0.25) is 4.21 Å². The van der Waals surface area contributed by atoms with Crippen LogP contribution in [0.4, 0.5) is 0 Å². The van der Waals surface area contributed by atoms with Crippen LogP contribution in [0.15, 0.2) is 22.4 Å². The van der Waals surface area contributed by atoms with Crippen molar-refractivity contribution >= 4 is 51.8 Å². The first kappa shape index (κ1) is 13.1. The highest BCUT2D eigenvalue weighted by Gasteiger charge is 2.05. The van der Waals surface area contributed by atoms with Gasteiger partial charge in [-0.15, -0.1) is 11.8 Å². The fourth-order valence-corrected chi connectivity index (χ4v) is 2.86. The van der Waals surface area contributed by atoms with Crippen LogP contribution in [-0.2, 0) is 10.8 Å². The van der Waals surface area contributed by atoms with E-state index >= 15 is 0 Å². The molecule has 0 heterocycles. The molecule has 0 radical (unpaired) electrons. The van der Waals surface area contributed by atoms with Crippen molar-refractivity contribution in [3.8, 4) is 0 Å². The van der Waals surface area contributed by atoms with E-state index < -0.39 is 10.8 Å². The van der Waals surface area contributed by atoms with E-state index in [-0.39, 0.29) is 0 Å². The van der Waals surface area contributed by atoms with Gasteiger partial charge in [0.2, 0.25) is 0 Å². The molecule has 0 fully saturated rings. The lowest BCUT2D eigenvalue weighted by Crippen LogP contribution is -1.87. The summed E-state index contributed by atoms with van der Waals surface area (Å²) in [6, 6.07) is 5.39. The largest absolute Gasteiger partial charge is 0.254 e. The van der Waals surface area contributed by atoms with Crippen LogP contribution in [0.2, 0.25) is 10.0 Å². The van der Waals surface area contributed by atoms with Gasteiger partial charge in [-0.05, 0) is 24.0 Å². The minimum absolute atomic E-state index is 0.496. The maximum absolute atomic E-state index is 11.3. The molecular weight excluding hydrogens is 271 g/mol. The van der Waals surface area contributed by atoms with Crippen LogP contribution >= 0.6 is 35.0 Å². The van der Waals surface area contributed by atoms with Gasteiger partial charge in [0.15, 0.2) is 0 Å². The molecule has 1 unspecified atom stereocenters. The zero-order valence-electron chi connectivity index (χ0n) is 8.29. The summed E-state index contributed by atoms with van der Waals surface area (Å²) < 4.78 is 12.1. The zero-order valence-corrected chi connectivity index (χ0v) is 11.4. The highest BCUT2D eigenvalue weighted by molar-refractivity contribution is 8.16. The lowest BCUT2D eigenvalue weighted by atomic mass is 10.2. The van der Waals surface area contributed by atoms with Gasteiger partial charge < -0.3 is 0 Å². The summed E-state index contributed by atoms with van der Waals surface area (Å²) in [5.41, 5.74) is 0.795. The third kappa shape index (κ3) is 3.52. The van der Waals surface area contributed by atoms with Crippen LogP contribution in [0.5, 0.6) is 0 Å². The summed E-state index contributed by atoms with van der Waals surface area (Å²) >= 11 is 13.3. The number of rotatable bonds is 3. The van der Waals surface area contributed by atoms with Gasteiger partial charge in [0.25, 0.3) is 0 Å². The Morgan fingerprint density at radius 3 is 2.67 bits per heavy atom. The second kappa shape index (κ2) is 5.94. The monoisotopic (exact) mass is 280 g/mol. The molecule has 15 heavy (non-hydrogen) atoms. The van der Waals surface area contributed by atoms with Crippen molar-refractivity contribution in [2.75, 3.05) is 12.5 Å². The van der Waals surface area contributed by atoms with E-state index in [1.807, 2.05) is 18.4 Å². The van der Waals surface area contributed by atoms with E-state index in [0.717, 1.165) is 9.80 Å². The van der Waals surface area contributed by atoms with Crippen molar-refractivity contribution in [3.63, 3.8) is 0 Å². The van der Waals surface area contributed by atoms with Gasteiger partial charge >= 0.3 is 0 Å². The molecule has 82 valence electrons. The lowest BCUT2D eigenvalue weighted by molar-refractivity contribution is 0.691. The van der Waals surface area contributed by atoms with E-state index in [2.05, 4.69) is 0 Å². The van der Waals surface area contributed by atoms with E-state index in [1.165, 1.54) is 11.8 Å². The highest BCUT2D eigenvalue weighted by Crippen LogP contribution is 2.29. The Hall–Kier alpha value is 0.0400. The van der Waals surface area contributed by atoms with Gasteiger partial charge in [-0.2, -0.15) is 0 Å². The molecule has 1 rings (SSSR count). The fourth-order valence-electron chi connectivity index (χ4n) is 1.02. The Bertz CT molecular complexity index is 416. The average molecular weight is 281 g/mol. The van der Waals surface area contributed by atoms with Crippen molar-refractivity contribution in [3.05, 3.63) is 38.0 Å². The van der Waals surface area contributed by atoms with Crippen LogP contribution in [-0.4, -0.2) is 16.7 Å².